The monoisotopic (exact) mass is 463 g/mol. The van der Waals surface area contributed by atoms with Gasteiger partial charge in [-0.1, -0.05) is 0 Å². The first-order chi connectivity index (χ1) is 15.2. The van der Waals surface area contributed by atoms with Gasteiger partial charge in [0.05, 0.1) is 31.1 Å². The maximum absolute atomic E-state index is 10.6. The van der Waals surface area contributed by atoms with Crippen molar-refractivity contribution < 1.29 is 37.3 Å². The number of carboxylic acid groups (broad SMARTS) is 1. The first-order valence-corrected chi connectivity index (χ1v) is 11.0. The highest BCUT2D eigenvalue weighted by atomic mass is 19.4. The second-order valence-electron chi connectivity index (χ2n) is 8.81. The van der Waals surface area contributed by atoms with E-state index in [1.807, 2.05) is 17.9 Å². The minimum Gasteiger partial charge on any atom is -0.475 e. The van der Waals surface area contributed by atoms with Crippen molar-refractivity contribution in [2.24, 2.45) is 13.0 Å². The summed E-state index contributed by atoms with van der Waals surface area (Å²) in [5.74, 6) is -2.08. The zero-order valence-corrected chi connectivity index (χ0v) is 18.4. The van der Waals surface area contributed by atoms with Crippen molar-refractivity contribution in [3.05, 3.63) is 18.0 Å². The van der Waals surface area contributed by atoms with E-state index in [9.17, 15) is 13.2 Å². The molecule has 11 heteroatoms. The summed E-state index contributed by atoms with van der Waals surface area (Å²) in [6.45, 7) is 6.63. The third-order valence-corrected chi connectivity index (χ3v) is 6.26. The zero-order valence-electron chi connectivity index (χ0n) is 18.4. The first kappa shape index (κ1) is 24.9. The van der Waals surface area contributed by atoms with Crippen LogP contribution in [0.2, 0.25) is 0 Å². The largest absolute Gasteiger partial charge is 0.490 e. The molecule has 1 aromatic heterocycles. The van der Waals surface area contributed by atoms with Crippen LogP contribution in [-0.4, -0.2) is 83.2 Å². The quantitative estimate of drug-likeness (QED) is 0.719. The summed E-state index contributed by atoms with van der Waals surface area (Å²) in [6, 6.07) is 0. The molecule has 1 spiro atoms. The fourth-order valence-corrected chi connectivity index (χ4v) is 4.37. The second kappa shape index (κ2) is 11.0. The molecule has 0 bridgehead atoms. The summed E-state index contributed by atoms with van der Waals surface area (Å²) in [5.41, 5.74) is 1.36. The normalized spacial score (nSPS) is 24.3. The predicted octanol–water partition coefficient (Wildman–Crippen LogP) is 2.62. The number of halogens is 3. The Kier molecular flexibility index (Phi) is 8.54. The van der Waals surface area contributed by atoms with E-state index in [-0.39, 0.29) is 11.7 Å². The molecule has 4 heterocycles. The van der Waals surface area contributed by atoms with Crippen LogP contribution in [0.25, 0.3) is 0 Å². The van der Waals surface area contributed by atoms with E-state index >= 15 is 0 Å². The van der Waals surface area contributed by atoms with Gasteiger partial charge in [-0.15, -0.1) is 0 Å². The molecule has 0 aromatic carbocycles. The topological polar surface area (TPSA) is 86.0 Å². The lowest BCUT2D eigenvalue weighted by molar-refractivity contribution is -0.192. The minimum atomic E-state index is -5.08. The van der Waals surface area contributed by atoms with E-state index in [2.05, 4.69) is 16.2 Å². The van der Waals surface area contributed by atoms with Crippen molar-refractivity contribution in [1.29, 1.82) is 0 Å². The lowest BCUT2D eigenvalue weighted by atomic mass is 9.88. The molecule has 32 heavy (non-hydrogen) atoms. The molecule has 3 aliphatic heterocycles. The van der Waals surface area contributed by atoms with E-state index in [0.717, 1.165) is 78.2 Å². The number of aromatic nitrogens is 2. The lowest BCUT2D eigenvalue weighted by Gasteiger charge is -2.38. The summed E-state index contributed by atoms with van der Waals surface area (Å²) >= 11 is 0. The molecule has 4 rings (SSSR count). The van der Waals surface area contributed by atoms with Gasteiger partial charge in [-0.2, -0.15) is 18.3 Å². The zero-order chi connectivity index (χ0) is 23.2. The number of nitrogens with zero attached hydrogens (tertiary/aromatic N) is 3. The van der Waals surface area contributed by atoms with Crippen LogP contribution in [0.5, 0.6) is 0 Å². The molecule has 0 saturated carbocycles. The van der Waals surface area contributed by atoms with Crippen LogP contribution in [0.4, 0.5) is 13.2 Å². The van der Waals surface area contributed by atoms with Crippen LogP contribution >= 0.6 is 0 Å². The number of likely N-dealkylation sites (tertiary alicyclic amines) is 1. The number of aliphatic carboxylic acids is 1. The Morgan fingerprint density at radius 1 is 1.31 bits per heavy atom. The first-order valence-electron chi connectivity index (χ1n) is 11.0. The van der Waals surface area contributed by atoms with Crippen molar-refractivity contribution >= 4 is 5.97 Å². The van der Waals surface area contributed by atoms with Crippen molar-refractivity contribution in [3.8, 4) is 0 Å². The number of rotatable bonds is 5. The average Bonchev–Trinajstić information content (AvgIpc) is 3.35. The number of piperidine rings is 1. The number of carboxylic acids is 1. The SMILES string of the molecule is Cn1cc(CN2CCC3(CC2)CC(OCC2CCOCC2)CO3)cn1.O=C(O)C(F)(F)F. The third kappa shape index (κ3) is 7.43. The smallest absolute Gasteiger partial charge is 0.475 e. The standard InChI is InChI=1S/C19H31N3O3.C2HF3O2/c1-21-12-17(11-20-21)13-22-6-4-19(5-7-22)10-18(15-25-19)24-14-16-2-8-23-9-3-16;3-2(4,5)1(6)7/h11-12,16,18H,2-10,13-15H2,1H3;(H,6,7). The summed E-state index contributed by atoms with van der Waals surface area (Å²) in [7, 11) is 1.97. The van der Waals surface area contributed by atoms with Gasteiger partial charge < -0.3 is 19.3 Å². The van der Waals surface area contributed by atoms with E-state index in [0.29, 0.717) is 5.92 Å². The van der Waals surface area contributed by atoms with Crippen molar-refractivity contribution in [2.45, 2.75) is 56.5 Å². The van der Waals surface area contributed by atoms with Gasteiger partial charge in [-0.05, 0) is 31.6 Å². The molecule has 182 valence electrons. The highest BCUT2D eigenvalue weighted by Crippen LogP contribution is 2.37. The maximum Gasteiger partial charge on any atom is 0.490 e. The Labute approximate surface area is 185 Å². The molecule has 1 aromatic rings. The molecule has 1 N–H and O–H groups in total. The molecule has 1 unspecified atom stereocenters. The Bertz CT molecular complexity index is 729. The van der Waals surface area contributed by atoms with E-state index < -0.39 is 12.1 Å². The van der Waals surface area contributed by atoms with Gasteiger partial charge >= 0.3 is 12.1 Å². The highest BCUT2D eigenvalue weighted by molar-refractivity contribution is 5.73. The Morgan fingerprint density at radius 2 is 1.97 bits per heavy atom. The van der Waals surface area contributed by atoms with Gasteiger partial charge in [0, 0.05) is 58.1 Å². The molecule has 0 amide bonds. The summed E-state index contributed by atoms with van der Waals surface area (Å²) in [5, 5.41) is 11.4. The Morgan fingerprint density at radius 3 is 2.53 bits per heavy atom. The second-order valence-corrected chi connectivity index (χ2v) is 8.81. The fraction of sp³-hybridized carbons (Fsp3) is 0.810. The molecular formula is C21H32F3N3O5. The average molecular weight is 463 g/mol. The Hall–Kier alpha value is -1.69. The van der Waals surface area contributed by atoms with E-state index in [4.69, 9.17) is 24.1 Å². The third-order valence-electron chi connectivity index (χ3n) is 6.26. The van der Waals surface area contributed by atoms with Crippen LogP contribution < -0.4 is 0 Å². The van der Waals surface area contributed by atoms with E-state index in [1.165, 1.54) is 5.56 Å². The van der Waals surface area contributed by atoms with Crippen LogP contribution in [0.15, 0.2) is 12.4 Å². The van der Waals surface area contributed by atoms with Crippen LogP contribution in [0.3, 0.4) is 0 Å². The summed E-state index contributed by atoms with van der Waals surface area (Å²) < 4.78 is 51.5. The number of aryl methyl sites for hydroxylation is 1. The van der Waals surface area contributed by atoms with Gasteiger partial charge in [0.25, 0.3) is 0 Å². The van der Waals surface area contributed by atoms with Crippen molar-refractivity contribution in [2.75, 3.05) is 39.5 Å². The minimum absolute atomic E-state index is 0.0613. The lowest BCUT2D eigenvalue weighted by Crippen LogP contribution is -2.43. The number of alkyl halides is 3. The summed E-state index contributed by atoms with van der Waals surface area (Å²) in [6.07, 6.45) is 4.86. The van der Waals surface area contributed by atoms with Crippen molar-refractivity contribution in [3.63, 3.8) is 0 Å². The Balaban J connectivity index is 0.000000360. The van der Waals surface area contributed by atoms with Crippen LogP contribution in [-0.2, 0) is 32.6 Å². The van der Waals surface area contributed by atoms with Crippen LogP contribution in [0, 0.1) is 5.92 Å². The van der Waals surface area contributed by atoms with Crippen molar-refractivity contribution in [1.82, 2.24) is 14.7 Å². The molecular weight excluding hydrogens is 431 g/mol. The number of hydrogen-bond donors (Lipinski definition) is 1. The summed E-state index contributed by atoms with van der Waals surface area (Å²) in [4.78, 5) is 11.4. The van der Waals surface area contributed by atoms with Gasteiger partial charge in [0.1, 0.15) is 0 Å². The molecule has 1 atom stereocenters. The fourth-order valence-electron chi connectivity index (χ4n) is 4.37. The molecule has 8 nitrogen and oxygen atoms in total. The predicted molar refractivity (Wildman–Crippen MR) is 108 cm³/mol. The van der Waals surface area contributed by atoms with Gasteiger partial charge in [-0.25, -0.2) is 4.79 Å². The molecule has 3 aliphatic rings. The maximum atomic E-state index is 10.6. The molecule has 3 saturated heterocycles. The van der Waals surface area contributed by atoms with E-state index in [1.54, 1.807) is 0 Å². The molecule has 3 fully saturated rings. The number of ether oxygens (including phenoxy) is 3. The molecule has 0 radical (unpaired) electrons. The number of hydrogen-bond acceptors (Lipinski definition) is 6. The van der Waals surface area contributed by atoms with Crippen LogP contribution in [0.1, 0.15) is 37.7 Å². The molecule has 0 aliphatic carbocycles. The number of carbonyl (C=O) groups is 1. The van der Waals surface area contributed by atoms with Gasteiger partial charge in [-0.3, -0.25) is 9.58 Å². The highest BCUT2D eigenvalue weighted by Gasteiger charge is 2.43. The van der Waals surface area contributed by atoms with Gasteiger partial charge in [0.2, 0.25) is 0 Å². The van der Waals surface area contributed by atoms with Gasteiger partial charge in [0.15, 0.2) is 0 Å².